The minimum atomic E-state index is -0.00141. The third kappa shape index (κ3) is 4.99. The van der Waals surface area contributed by atoms with Gasteiger partial charge >= 0.3 is 0 Å². The van der Waals surface area contributed by atoms with Gasteiger partial charge < -0.3 is 19.1 Å². The summed E-state index contributed by atoms with van der Waals surface area (Å²) in [4.78, 5) is 14.2. The average Bonchev–Trinajstić information content (AvgIpc) is 2.52. The number of ether oxygens (including phenoxy) is 3. The summed E-state index contributed by atoms with van der Waals surface area (Å²) in [6.07, 6.45) is 3.61. The van der Waals surface area contributed by atoms with E-state index in [0.717, 1.165) is 5.56 Å². The lowest BCUT2D eigenvalue weighted by molar-refractivity contribution is -0.137. The molecule has 132 valence electrons. The van der Waals surface area contributed by atoms with Crippen LogP contribution in [0.2, 0.25) is 0 Å². The highest BCUT2D eigenvalue weighted by atomic mass is 16.5. The van der Waals surface area contributed by atoms with Crippen LogP contribution in [-0.2, 0) is 9.53 Å². The van der Waals surface area contributed by atoms with Crippen LogP contribution in [0.5, 0.6) is 11.5 Å². The van der Waals surface area contributed by atoms with Crippen molar-refractivity contribution in [2.75, 3.05) is 20.2 Å². The van der Waals surface area contributed by atoms with Crippen molar-refractivity contribution in [2.24, 2.45) is 0 Å². The molecule has 0 aliphatic carbocycles. The Morgan fingerprint density at radius 2 is 1.92 bits per heavy atom. The number of morpholine rings is 1. The van der Waals surface area contributed by atoms with Gasteiger partial charge in [0, 0.05) is 19.2 Å². The van der Waals surface area contributed by atoms with Crippen molar-refractivity contribution in [3.63, 3.8) is 0 Å². The van der Waals surface area contributed by atoms with Crippen molar-refractivity contribution in [2.45, 2.75) is 46.0 Å². The molecule has 1 heterocycles. The molecular formula is C19H27NO4. The number of rotatable bonds is 5. The van der Waals surface area contributed by atoms with E-state index in [-0.39, 0.29) is 24.2 Å². The Bertz CT molecular complexity index is 587. The summed E-state index contributed by atoms with van der Waals surface area (Å²) in [5, 5.41) is 0. The van der Waals surface area contributed by atoms with Crippen LogP contribution in [0.4, 0.5) is 0 Å². The van der Waals surface area contributed by atoms with E-state index in [1.54, 1.807) is 19.3 Å². The molecule has 0 spiro atoms. The van der Waals surface area contributed by atoms with E-state index in [0.29, 0.717) is 24.6 Å². The van der Waals surface area contributed by atoms with E-state index in [1.807, 2.05) is 50.8 Å². The Labute approximate surface area is 144 Å². The first-order chi connectivity index (χ1) is 11.4. The summed E-state index contributed by atoms with van der Waals surface area (Å²) in [6.45, 7) is 9.15. The maximum Gasteiger partial charge on any atom is 0.246 e. The number of hydrogen-bond donors (Lipinski definition) is 0. The quantitative estimate of drug-likeness (QED) is 0.777. The minimum Gasteiger partial charge on any atom is -0.493 e. The smallest absolute Gasteiger partial charge is 0.246 e. The highest BCUT2D eigenvalue weighted by Gasteiger charge is 2.24. The molecule has 1 fully saturated rings. The normalized spacial score (nSPS) is 21.3. The van der Waals surface area contributed by atoms with Crippen LogP contribution in [0, 0.1) is 0 Å². The zero-order chi connectivity index (χ0) is 17.7. The van der Waals surface area contributed by atoms with Crippen LogP contribution in [0.1, 0.15) is 33.3 Å². The molecule has 1 saturated heterocycles. The van der Waals surface area contributed by atoms with Crippen LogP contribution >= 0.6 is 0 Å². The first kappa shape index (κ1) is 18.3. The van der Waals surface area contributed by atoms with E-state index < -0.39 is 0 Å². The number of carbonyl (C=O) groups excluding carboxylic acids is 1. The molecule has 5 nitrogen and oxygen atoms in total. The fraction of sp³-hybridized carbons (Fsp3) is 0.526. The van der Waals surface area contributed by atoms with E-state index in [9.17, 15) is 4.79 Å². The summed E-state index contributed by atoms with van der Waals surface area (Å²) < 4.78 is 16.7. The third-order valence-electron chi connectivity index (χ3n) is 3.70. The summed E-state index contributed by atoms with van der Waals surface area (Å²) in [7, 11) is 1.61. The molecule has 0 radical (unpaired) electrons. The molecule has 1 aromatic rings. The lowest BCUT2D eigenvalue weighted by atomic mass is 10.1. The first-order valence-corrected chi connectivity index (χ1v) is 8.36. The van der Waals surface area contributed by atoms with Gasteiger partial charge in [0.15, 0.2) is 11.5 Å². The Hall–Kier alpha value is -2.01. The number of methoxy groups -OCH3 is 1. The second-order valence-corrected chi connectivity index (χ2v) is 6.41. The number of nitrogens with zero attached hydrogens (tertiary/aromatic N) is 1. The molecule has 0 N–H and O–H groups in total. The van der Waals surface area contributed by atoms with E-state index in [2.05, 4.69) is 0 Å². The van der Waals surface area contributed by atoms with Gasteiger partial charge in [0.2, 0.25) is 5.91 Å². The molecule has 5 heteroatoms. The van der Waals surface area contributed by atoms with E-state index in [4.69, 9.17) is 14.2 Å². The number of carbonyl (C=O) groups is 1. The van der Waals surface area contributed by atoms with Crippen LogP contribution in [0.3, 0.4) is 0 Å². The van der Waals surface area contributed by atoms with Gasteiger partial charge in [0.1, 0.15) is 0 Å². The fourth-order valence-electron chi connectivity index (χ4n) is 2.77. The van der Waals surface area contributed by atoms with Crippen LogP contribution in [0.25, 0.3) is 6.08 Å². The second kappa shape index (κ2) is 8.20. The van der Waals surface area contributed by atoms with Crippen LogP contribution in [-0.4, -0.2) is 49.3 Å². The highest BCUT2D eigenvalue weighted by Crippen LogP contribution is 2.29. The van der Waals surface area contributed by atoms with Gasteiger partial charge in [-0.05, 0) is 51.5 Å². The Balaban J connectivity index is 2.06. The van der Waals surface area contributed by atoms with Crippen LogP contribution < -0.4 is 9.47 Å². The largest absolute Gasteiger partial charge is 0.493 e. The Morgan fingerprint density at radius 3 is 2.50 bits per heavy atom. The molecule has 1 aromatic carbocycles. The van der Waals surface area contributed by atoms with Gasteiger partial charge in [0.05, 0.1) is 25.4 Å². The zero-order valence-electron chi connectivity index (χ0n) is 15.1. The minimum absolute atomic E-state index is 0.00141. The predicted molar refractivity (Wildman–Crippen MR) is 94.4 cm³/mol. The van der Waals surface area contributed by atoms with Gasteiger partial charge in [-0.1, -0.05) is 6.07 Å². The maximum atomic E-state index is 12.4. The molecule has 0 unspecified atom stereocenters. The van der Waals surface area contributed by atoms with Gasteiger partial charge in [-0.3, -0.25) is 4.79 Å². The summed E-state index contributed by atoms with van der Waals surface area (Å²) in [6, 6.07) is 5.64. The molecule has 1 aliphatic heterocycles. The lowest BCUT2D eigenvalue weighted by Gasteiger charge is -2.34. The molecular weight excluding hydrogens is 306 g/mol. The lowest BCUT2D eigenvalue weighted by Crippen LogP contribution is -2.47. The van der Waals surface area contributed by atoms with Gasteiger partial charge in [-0.25, -0.2) is 0 Å². The SMILES string of the molecule is COc1cc(/C=C/C(=O)N2C[C@H](C)O[C@@H](C)C2)ccc1OC(C)C. The molecule has 0 aromatic heterocycles. The fourth-order valence-corrected chi connectivity index (χ4v) is 2.77. The van der Waals surface area contributed by atoms with Gasteiger partial charge in [0.25, 0.3) is 0 Å². The predicted octanol–water partition coefficient (Wildman–Crippen LogP) is 3.13. The van der Waals surface area contributed by atoms with Crippen molar-refractivity contribution < 1.29 is 19.0 Å². The van der Waals surface area contributed by atoms with Crippen molar-refractivity contribution >= 4 is 12.0 Å². The number of benzene rings is 1. The molecule has 0 saturated carbocycles. The summed E-state index contributed by atoms with van der Waals surface area (Å²) >= 11 is 0. The molecule has 1 amide bonds. The Morgan fingerprint density at radius 1 is 1.25 bits per heavy atom. The van der Waals surface area contributed by atoms with Gasteiger partial charge in [-0.15, -0.1) is 0 Å². The van der Waals surface area contributed by atoms with Crippen molar-refractivity contribution in [3.05, 3.63) is 29.8 Å². The maximum absolute atomic E-state index is 12.4. The number of amides is 1. The van der Waals surface area contributed by atoms with Crippen molar-refractivity contribution in [1.82, 2.24) is 4.90 Å². The van der Waals surface area contributed by atoms with Crippen LogP contribution in [0.15, 0.2) is 24.3 Å². The summed E-state index contributed by atoms with van der Waals surface area (Å²) in [5.74, 6) is 1.36. The molecule has 1 aliphatic rings. The molecule has 2 atom stereocenters. The third-order valence-corrected chi connectivity index (χ3v) is 3.70. The standard InChI is InChI=1S/C19H27NO4/c1-13(2)23-17-8-6-16(10-18(17)22-5)7-9-19(21)20-11-14(3)24-15(4)12-20/h6-10,13-15H,11-12H2,1-5H3/b9-7+/t14-,15-/m0/s1. The van der Waals surface area contributed by atoms with Gasteiger partial charge in [-0.2, -0.15) is 0 Å². The second-order valence-electron chi connectivity index (χ2n) is 6.41. The highest BCUT2D eigenvalue weighted by molar-refractivity contribution is 5.92. The van der Waals surface area contributed by atoms with E-state index in [1.165, 1.54) is 0 Å². The summed E-state index contributed by atoms with van der Waals surface area (Å²) in [5.41, 5.74) is 0.894. The average molecular weight is 333 g/mol. The Kier molecular flexibility index (Phi) is 6.26. The topological polar surface area (TPSA) is 48.0 Å². The van der Waals surface area contributed by atoms with E-state index >= 15 is 0 Å². The molecule has 24 heavy (non-hydrogen) atoms. The first-order valence-electron chi connectivity index (χ1n) is 8.36. The number of hydrogen-bond acceptors (Lipinski definition) is 4. The van der Waals surface area contributed by atoms with Crippen molar-refractivity contribution in [1.29, 1.82) is 0 Å². The zero-order valence-corrected chi connectivity index (χ0v) is 15.1. The molecule has 2 rings (SSSR count). The monoisotopic (exact) mass is 333 g/mol. The molecule has 0 bridgehead atoms. The van der Waals surface area contributed by atoms with Crippen molar-refractivity contribution in [3.8, 4) is 11.5 Å².